The average molecular weight is 431 g/mol. The molecule has 162 valence electrons. The Morgan fingerprint density at radius 1 is 1.33 bits per heavy atom. The molecule has 2 heterocycles. The highest BCUT2D eigenvalue weighted by atomic mass is 32.1. The standard InChI is InChI=1S/C22H30N4O3S/c1-4-6-13-29-14-12-26(5-2)22(27)25-21-24-18-19(30-21)17(15-23-20(18)28-3)16-10-8-7-9-11-16/h7-8,10,15H,4-6,9,11-14H2,1-3H3,(H,24,25,27). The number of urea groups is 1. The van der Waals surface area contributed by atoms with Crippen molar-refractivity contribution in [2.24, 2.45) is 0 Å². The fraction of sp³-hybridized carbons (Fsp3) is 0.500. The van der Waals surface area contributed by atoms with E-state index in [1.165, 1.54) is 16.9 Å². The molecule has 7 nitrogen and oxygen atoms in total. The first kappa shape index (κ1) is 22.2. The summed E-state index contributed by atoms with van der Waals surface area (Å²) in [4.78, 5) is 23.5. The van der Waals surface area contributed by atoms with Crippen LogP contribution in [0.1, 0.15) is 45.1 Å². The first-order chi connectivity index (χ1) is 14.7. The minimum absolute atomic E-state index is 0.177. The van der Waals surface area contributed by atoms with Crippen molar-refractivity contribution in [1.82, 2.24) is 14.9 Å². The Balaban J connectivity index is 1.76. The number of ether oxygens (including phenoxy) is 2. The summed E-state index contributed by atoms with van der Waals surface area (Å²) in [6.45, 7) is 6.50. The van der Waals surface area contributed by atoms with Gasteiger partial charge in [-0.2, -0.15) is 0 Å². The molecule has 2 aromatic rings. The number of aromatic nitrogens is 2. The Morgan fingerprint density at radius 3 is 2.90 bits per heavy atom. The van der Waals surface area contributed by atoms with Crippen molar-refractivity contribution in [2.75, 3.05) is 38.7 Å². The zero-order valence-electron chi connectivity index (χ0n) is 17.9. The summed E-state index contributed by atoms with van der Waals surface area (Å²) in [5, 5.41) is 3.48. The van der Waals surface area contributed by atoms with E-state index in [1.54, 1.807) is 12.0 Å². The van der Waals surface area contributed by atoms with E-state index in [-0.39, 0.29) is 6.03 Å². The fourth-order valence-electron chi connectivity index (χ4n) is 3.25. The molecule has 1 aliphatic rings. The minimum Gasteiger partial charge on any atom is -0.479 e. The van der Waals surface area contributed by atoms with Gasteiger partial charge < -0.3 is 14.4 Å². The molecule has 0 unspecified atom stereocenters. The molecule has 30 heavy (non-hydrogen) atoms. The van der Waals surface area contributed by atoms with Gasteiger partial charge in [0.2, 0.25) is 5.88 Å². The van der Waals surface area contributed by atoms with E-state index in [0.717, 1.165) is 42.6 Å². The lowest BCUT2D eigenvalue weighted by molar-refractivity contribution is 0.111. The van der Waals surface area contributed by atoms with E-state index < -0.39 is 0 Å². The quantitative estimate of drug-likeness (QED) is 0.531. The van der Waals surface area contributed by atoms with Crippen molar-refractivity contribution >= 4 is 38.3 Å². The van der Waals surface area contributed by atoms with Gasteiger partial charge in [-0.15, -0.1) is 0 Å². The van der Waals surface area contributed by atoms with E-state index in [9.17, 15) is 4.79 Å². The third-order valence-electron chi connectivity index (χ3n) is 4.97. The number of nitrogens with zero attached hydrogens (tertiary/aromatic N) is 3. The second-order valence-corrected chi connectivity index (χ2v) is 8.01. The molecule has 0 bridgehead atoms. The van der Waals surface area contributed by atoms with Crippen LogP contribution in [-0.2, 0) is 4.74 Å². The van der Waals surface area contributed by atoms with Crippen LogP contribution in [0.3, 0.4) is 0 Å². The van der Waals surface area contributed by atoms with Crippen LogP contribution < -0.4 is 10.1 Å². The molecule has 1 N–H and O–H groups in total. The van der Waals surface area contributed by atoms with Gasteiger partial charge in [0.15, 0.2) is 5.13 Å². The van der Waals surface area contributed by atoms with Crippen LogP contribution in [0, 0.1) is 0 Å². The van der Waals surface area contributed by atoms with Gasteiger partial charge in [-0.05, 0) is 31.8 Å². The molecule has 0 spiro atoms. The lowest BCUT2D eigenvalue weighted by Gasteiger charge is -2.20. The molecular formula is C22H30N4O3S. The normalized spacial score (nSPS) is 13.4. The summed E-state index contributed by atoms with van der Waals surface area (Å²) in [5.74, 6) is 0.467. The lowest BCUT2D eigenvalue weighted by atomic mass is 9.99. The molecule has 0 fully saturated rings. The zero-order chi connectivity index (χ0) is 21.3. The predicted octanol–water partition coefficient (Wildman–Crippen LogP) is 5.10. The van der Waals surface area contributed by atoms with E-state index >= 15 is 0 Å². The summed E-state index contributed by atoms with van der Waals surface area (Å²) >= 11 is 1.45. The Kier molecular flexibility index (Phi) is 8.21. The number of hydrogen-bond acceptors (Lipinski definition) is 6. The van der Waals surface area contributed by atoms with Crippen molar-refractivity contribution in [3.8, 4) is 5.88 Å². The molecule has 2 aromatic heterocycles. The highest BCUT2D eigenvalue weighted by Gasteiger charge is 2.19. The number of carbonyl (C=O) groups excluding carboxylic acids is 1. The second-order valence-electron chi connectivity index (χ2n) is 7.01. The fourth-order valence-corrected chi connectivity index (χ4v) is 4.24. The molecule has 0 radical (unpaired) electrons. The predicted molar refractivity (Wildman–Crippen MR) is 122 cm³/mol. The Bertz CT molecular complexity index is 922. The van der Waals surface area contributed by atoms with Crippen LogP contribution in [0.4, 0.5) is 9.93 Å². The zero-order valence-corrected chi connectivity index (χ0v) is 18.8. The first-order valence-electron chi connectivity index (χ1n) is 10.5. The largest absolute Gasteiger partial charge is 0.479 e. The summed E-state index contributed by atoms with van der Waals surface area (Å²) in [7, 11) is 1.58. The molecule has 0 atom stereocenters. The number of anilines is 1. The van der Waals surface area contributed by atoms with Crippen molar-refractivity contribution in [3.63, 3.8) is 0 Å². The van der Waals surface area contributed by atoms with E-state index in [4.69, 9.17) is 9.47 Å². The second kappa shape index (κ2) is 11.1. The molecule has 0 saturated heterocycles. The van der Waals surface area contributed by atoms with E-state index in [0.29, 0.717) is 36.2 Å². The van der Waals surface area contributed by atoms with Crippen LogP contribution in [0.5, 0.6) is 5.88 Å². The summed E-state index contributed by atoms with van der Waals surface area (Å²) in [6, 6.07) is -0.177. The lowest BCUT2D eigenvalue weighted by Crippen LogP contribution is -2.37. The van der Waals surface area contributed by atoms with E-state index in [2.05, 4.69) is 40.4 Å². The van der Waals surface area contributed by atoms with Crippen LogP contribution in [0.15, 0.2) is 24.4 Å². The van der Waals surface area contributed by atoms with Gasteiger partial charge in [0.25, 0.3) is 0 Å². The Labute approximate surface area is 181 Å². The first-order valence-corrected chi connectivity index (χ1v) is 11.3. The summed E-state index contributed by atoms with van der Waals surface area (Å²) in [6.07, 6.45) is 12.3. The Morgan fingerprint density at radius 2 is 2.20 bits per heavy atom. The third kappa shape index (κ3) is 5.37. The van der Waals surface area contributed by atoms with Gasteiger partial charge >= 0.3 is 6.03 Å². The van der Waals surface area contributed by atoms with Crippen molar-refractivity contribution in [1.29, 1.82) is 0 Å². The maximum atomic E-state index is 12.7. The summed E-state index contributed by atoms with van der Waals surface area (Å²) < 4.78 is 12.0. The van der Waals surface area contributed by atoms with Crippen molar-refractivity contribution < 1.29 is 14.3 Å². The molecular weight excluding hydrogens is 400 g/mol. The number of pyridine rings is 1. The number of nitrogens with one attached hydrogen (secondary N) is 1. The van der Waals surface area contributed by atoms with Gasteiger partial charge in [0.1, 0.15) is 5.52 Å². The number of carbonyl (C=O) groups is 1. The Hall–Kier alpha value is -2.45. The van der Waals surface area contributed by atoms with Gasteiger partial charge in [-0.1, -0.05) is 42.9 Å². The van der Waals surface area contributed by atoms with Crippen LogP contribution in [-0.4, -0.2) is 54.3 Å². The van der Waals surface area contributed by atoms with Gasteiger partial charge in [-0.25, -0.2) is 14.8 Å². The maximum absolute atomic E-state index is 12.7. The van der Waals surface area contributed by atoms with E-state index in [1.807, 2.05) is 13.1 Å². The highest BCUT2D eigenvalue weighted by molar-refractivity contribution is 7.22. The number of amides is 2. The molecule has 3 rings (SSSR count). The van der Waals surface area contributed by atoms with Crippen LogP contribution in [0.25, 0.3) is 15.8 Å². The minimum atomic E-state index is -0.177. The number of likely N-dealkylation sites (N-methyl/N-ethyl adjacent to an activating group) is 1. The third-order valence-corrected chi connectivity index (χ3v) is 5.97. The number of rotatable bonds is 10. The molecule has 0 saturated carbocycles. The molecule has 0 aromatic carbocycles. The monoisotopic (exact) mass is 430 g/mol. The molecule has 1 aliphatic carbocycles. The number of unbranched alkanes of at least 4 members (excludes halogenated alkanes) is 1. The smallest absolute Gasteiger partial charge is 0.323 e. The number of hydrogen-bond donors (Lipinski definition) is 1. The maximum Gasteiger partial charge on any atom is 0.323 e. The SMILES string of the molecule is CCCCOCCN(CC)C(=O)Nc1nc2c(OC)ncc(C3=CC=CCC3)c2s1. The molecule has 0 aliphatic heterocycles. The van der Waals surface area contributed by atoms with Crippen LogP contribution in [0.2, 0.25) is 0 Å². The number of allylic oxidation sites excluding steroid dienone is 4. The average Bonchev–Trinajstić information content (AvgIpc) is 3.19. The van der Waals surface area contributed by atoms with Crippen molar-refractivity contribution in [2.45, 2.75) is 39.5 Å². The van der Waals surface area contributed by atoms with Gasteiger partial charge in [0, 0.05) is 31.5 Å². The topological polar surface area (TPSA) is 76.6 Å². The molecule has 8 heteroatoms. The molecule has 2 amide bonds. The van der Waals surface area contributed by atoms with Crippen molar-refractivity contribution in [3.05, 3.63) is 30.0 Å². The van der Waals surface area contributed by atoms with Gasteiger partial charge in [0.05, 0.1) is 18.4 Å². The highest BCUT2D eigenvalue weighted by Crippen LogP contribution is 2.38. The van der Waals surface area contributed by atoms with Crippen LogP contribution >= 0.6 is 11.3 Å². The number of methoxy groups -OCH3 is 1. The van der Waals surface area contributed by atoms with Gasteiger partial charge in [-0.3, -0.25) is 5.32 Å². The summed E-state index contributed by atoms with van der Waals surface area (Å²) in [5.41, 5.74) is 2.94. The number of fused-ring (bicyclic) bond motifs is 1. The number of thiazole rings is 1.